The molecule has 0 fully saturated rings. The highest BCUT2D eigenvalue weighted by Gasteiger charge is 2.41. The topological polar surface area (TPSA) is 125 Å². The van der Waals surface area contributed by atoms with Crippen molar-refractivity contribution in [3.63, 3.8) is 0 Å². The third-order valence-electron chi connectivity index (χ3n) is 4.96. The van der Waals surface area contributed by atoms with Crippen LogP contribution in [0.15, 0.2) is 63.8 Å². The average Bonchev–Trinajstić information content (AvgIpc) is 3.24. The summed E-state index contributed by atoms with van der Waals surface area (Å²) in [5.74, 6) is -0.867. The number of carbonyl (C=O) groups is 2. The van der Waals surface area contributed by atoms with Crippen LogP contribution in [0.4, 0.5) is 0 Å². The molecule has 0 saturated heterocycles. The maximum atomic E-state index is 12.8. The number of nitrogens with two attached hydrogens (primary N) is 1. The van der Waals surface area contributed by atoms with Gasteiger partial charge in [-0.25, -0.2) is 9.99 Å². The Bertz CT molecular complexity index is 1100. The van der Waals surface area contributed by atoms with Crippen molar-refractivity contribution in [2.24, 2.45) is 5.73 Å². The van der Waals surface area contributed by atoms with Crippen LogP contribution >= 0.6 is 11.6 Å². The quantitative estimate of drug-likeness (QED) is 0.746. The van der Waals surface area contributed by atoms with Gasteiger partial charge in [-0.1, -0.05) is 11.6 Å². The number of allylic oxidation sites excluding steroid dienone is 3. The molecule has 8 nitrogen and oxygen atoms in total. The minimum absolute atomic E-state index is 0.0347. The van der Waals surface area contributed by atoms with Gasteiger partial charge >= 0.3 is 0 Å². The summed E-state index contributed by atoms with van der Waals surface area (Å²) in [6, 6.07) is 8.57. The summed E-state index contributed by atoms with van der Waals surface area (Å²) >= 11 is 6.02. The fourth-order valence-corrected chi connectivity index (χ4v) is 3.88. The van der Waals surface area contributed by atoms with Gasteiger partial charge in [0, 0.05) is 18.2 Å². The van der Waals surface area contributed by atoms with Crippen molar-refractivity contribution in [3.05, 3.63) is 75.9 Å². The number of carbonyl (C=O) groups excluding carboxylic acids is 2. The lowest BCUT2D eigenvalue weighted by atomic mass is 9.78. The lowest BCUT2D eigenvalue weighted by Gasteiger charge is -2.38. The molecular formula is C20H16ClN5O3. The van der Waals surface area contributed by atoms with Gasteiger partial charge in [0.2, 0.25) is 0 Å². The van der Waals surface area contributed by atoms with E-state index in [1.165, 1.54) is 23.5 Å². The molecule has 0 saturated carbocycles. The van der Waals surface area contributed by atoms with Gasteiger partial charge in [-0.15, -0.1) is 0 Å². The standard InChI is InChI=1S/C20H16ClN5O3/c21-18-11(4-2-8-24-18)20(28)25-26-13-5-1-6-14(27)17(13)16(12(10-22)19(26)23)15-7-3-9-29-15/h2-4,7-9,16H,1,5-6,23H2,(H,25,28). The van der Waals surface area contributed by atoms with E-state index in [-0.39, 0.29) is 27.9 Å². The maximum Gasteiger partial charge on any atom is 0.273 e. The van der Waals surface area contributed by atoms with Gasteiger partial charge in [0.15, 0.2) is 5.78 Å². The summed E-state index contributed by atoms with van der Waals surface area (Å²) in [6.07, 6.45) is 4.42. The van der Waals surface area contributed by atoms with Gasteiger partial charge in [-0.3, -0.25) is 15.0 Å². The van der Waals surface area contributed by atoms with E-state index in [9.17, 15) is 14.9 Å². The van der Waals surface area contributed by atoms with Crippen LogP contribution in [0, 0.1) is 11.3 Å². The number of rotatable bonds is 3. The van der Waals surface area contributed by atoms with Crippen LogP contribution in [0.1, 0.15) is 41.3 Å². The second-order valence-electron chi connectivity index (χ2n) is 6.61. The Labute approximate surface area is 171 Å². The zero-order valence-electron chi connectivity index (χ0n) is 15.2. The van der Waals surface area contributed by atoms with Gasteiger partial charge in [0.1, 0.15) is 16.7 Å². The van der Waals surface area contributed by atoms with Crippen molar-refractivity contribution in [1.29, 1.82) is 5.26 Å². The highest BCUT2D eigenvalue weighted by Crippen LogP contribution is 2.44. The average molecular weight is 410 g/mol. The summed E-state index contributed by atoms with van der Waals surface area (Å²) < 4.78 is 5.49. The highest BCUT2D eigenvalue weighted by molar-refractivity contribution is 6.32. The fourth-order valence-electron chi connectivity index (χ4n) is 3.67. The van der Waals surface area contributed by atoms with Crippen molar-refractivity contribution < 1.29 is 14.0 Å². The molecule has 0 spiro atoms. The SMILES string of the molecule is N#CC1=C(N)N(NC(=O)c2cccnc2Cl)C2=C(C(=O)CCC2)C1c1ccco1. The van der Waals surface area contributed by atoms with E-state index in [2.05, 4.69) is 16.5 Å². The van der Waals surface area contributed by atoms with Gasteiger partial charge in [0.25, 0.3) is 5.91 Å². The van der Waals surface area contributed by atoms with Crippen molar-refractivity contribution >= 4 is 23.3 Å². The number of Topliss-reactive ketones (excluding diaryl/α,β-unsaturated/α-hetero) is 1. The third-order valence-corrected chi connectivity index (χ3v) is 5.26. The number of halogens is 1. The van der Waals surface area contributed by atoms with E-state index in [1.807, 2.05) is 0 Å². The van der Waals surface area contributed by atoms with Gasteiger partial charge in [-0.2, -0.15) is 5.26 Å². The van der Waals surface area contributed by atoms with E-state index >= 15 is 0 Å². The molecule has 1 unspecified atom stereocenters. The molecular weight excluding hydrogens is 394 g/mol. The molecule has 2 aromatic rings. The number of ketones is 1. The van der Waals surface area contributed by atoms with E-state index in [0.717, 1.165) is 0 Å². The van der Waals surface area contributed by atoms with Crippen LogP contribution < -0.4 is 11.2 Å². The number of pyridine rings is 1. The lowest BCUT2D eigenvalue weighted by molar-refractivity contribution is -0.116. The van der Waals surface area contributed by atoms with Crippen molar-refractivity contribution in [2.45, 2.75) is 25.2 Å². The first-order chi connectivity index (χ1) is 14.0. The van der Waals surface area contributed by atoms with E-state index in [1.54, 1.807) is 18.2 Å². The molecule has 3 heterocycles. The summed E-state index contributed by atoms with van der Waals surface area (Å²) in [7, 11) is 0. The Morgan fingerprint density at radius 2 is 2.21 bits per heavy atom. The molecule has 2 aromatic heterocycles. The zero-order chi connectivity index (χ0) is 20.5. The Hall–Kier alpha value is -3.57. The van der Waals surface area contributed by atoms with Gasteiger partial charge in [0.05, 0.1) is 35.1 Å². The highest BCUT2D eigenvalue weighted by atomic mass is 35.5. The predicted octanol–water partition coefficient (Wildman–Crippen LogP) is 2.77. The first-order valence-corrected chi connectivity index (χ1v) is 9.31. The van der Waals surface area contributed by atoms with Crippen LogP contribution in [-0.4, -0.2) is 21.7 Å². The molecule has 4 rings (SSSR count). The lowest BCUT2D eigenvalue weighted by Crippen LogP contribution is -2.48. The number of nitrogens with one attached hydrogen (secondary N) is 1. The van der Waals surface area contributed by atoms with Crippen molar-refractivity contribution in [2.75, 3.05) is 0 Å². The second-order valence-corrected chi connectivity index (χ2v) is 6.97. The largest absolute Gasteiger partial charge is 0.468 e. The molecule has 2 aliphatic rings. The number of aromatic nitrogens is 1. The van der Waals surface area contributed by atoms with Crippen LogP contribution in [0.5, 0.6) is 0 Å². The molecule has 29 heavy (non-hydrogen) atoms. The molecule has 146 valence electrons. The number of hydrogen-bond donors (Lipinski definition) is 2. The summed E-state index contributed by atoms with van der Waals surface area (Å²) in [5.41, 5.74) is 10.2. The minimum Gasteiger partial charge on any atom is -0.468 e. The Balaban J connectivity index is 1.81. The number of amides is 1. The molecule has 1 amide bonds. The van der Waals surface area contributed by atoms with Crippen molar-refractivity contribution in [1.82, 2.24) is 15.4 Å². The second kappa shape index (κ2) is 7.45. The molecule has 1 aliphatic carbocycles. The maximum absolute atomic E-state index is 12.8. The van der Waals surface area contributed by atoms with Crippen LogP contribution in [0.2, 0.25) is 5.15 Å². The van der Waals surface area contributed by atoms with Crippen LogP contribution in [0.25, 0.3) is 0 Å². The number of nitriles is 1. The number of hydrazine groups is 1. The third kappa shape index (κ3) is 3.15. The van der Waals surface area contributed by atoms with E-state index < -0.39 is 11.8 Å². The van der Waals surface area contributed by atoms with Crippen molar-refractivity contribution in [3.8, 4) is 6.07 Å². The Morgan fingerprint density at radius 1 is 1.38 bits per heavy atom. The van der Waals surface area contributed by atoms with Gasteiger partial charge in [-0.05, 0) is 37.1 Å². The molecule has 0 bridgehead atoms. The monoisotopic (exact) mass is 409 g/mol. The molecule has 1 aliphatic heterocycles. The Kier molecular flexibility index (Phi) is 4.82. The minimum atomic E-state index is -0.701. The molecule has 0 aromatic carbocycles. The number of hydrogen-bond acceptors (Lipinski definition) is 7. The van der Waals surface area contributed by atoms with Crippen LogP contribution in [-0.2, 0) is 4.79 Å². The normalized spacial score (nSPS) is 19.1. The smallest absolute Gasteiger partial charge is 0.273 e. The van der Waals surface area contributed by atoms with Crippen LogP contribution in [0.3, 0.4) is 0 Å². The molecule has 1 atom stereocenters. The Morgan fingerprint density at radius 3 is 2.90 bits per heavy atom. The first kappa shape index (κ1) is 18.8. The first-order valence-electron chi connectivity index (χ1n) is 8.94. The van der Waals surface area contributed by atoms with E-state index in [0.29, 0.717) is 36.3 Å². The summed E-state index contributed by atoms with van der Waals surface area (Å²) in [4.78, 5) is 29.5. The fraction of sp³-hybridized carbons (Fsp3) is 0.200. The summed E-state index contributed by atoms with van der Waals surface area (Å²) in [5, 5.41) is 11.1. The van der Waals surface area contributed by atoms with E-state index in [4.69, 9.17) is 21.8 Å². The summed E-state index contributed by atoms with van der Waals surface area (Å²) in [6.45, 7) is 0. The number of furan rings is 1. The molecule has 9 heteroatoms. The zero-order valence-corrected chi connectivity index (χ0v) is 15.9. The predicted molar refractivity (Wildman–Crippen MR) is 103 cm³/mol. The number of nitrogens with zero attached hydrogens (tertiary/aromatic N) is 3. The van der Waals surface area contributed by atoms with Gasteiger partial charge < -0.3 is 10.2 Å². The molecule has 3 N–H and O–H groups in total. The molecule has 0 radical (unpaired) electrons.